The van der Waals surface area contributed by atoms with E-state index in [1.807, 2.05) is 13.0 Å². The summed E-state index contributed by atoms with van der Waals surface area (Å²) >= 11 is 6.78. The van der Waals surface area contributed by atoms with Gasteiger partial charge in [-0.1, -0.05) is 42.3 Å². The van der Waals surface area contributed by atoms with E-state index in [-0.39, 0.29) is 18.1 Å². The minimum atomic E-state index is -1.90. The lowest BCUT2D eigenvalue weighted by Gasteiger charge is -2.42. The third kappa shape index (κ3) is 16.5. The fourth-order valence-electron chi connectivity index (χ4n) is 7.73. The van der Waals surface area contributed by atoms with Crippen molar-refractivity contribution in [1.29, 1.82) is 0 Å². The molecular weight excluding hydrogens is 972 g/mol. The number of likely N-dealkylation sites (N-methyl/N-ethyl adjacent to an activating group) is 1. The lowest BCUT2D eigenvalue weighted by atomic mass is 9.83. The Morgan fingerprint density at radius 2 is 1.68 bits per heavy atom. The number of benzene rings is 1. The van der Waals surface area contributed by atoms with Gasteiger partial charge in [-0.3, -0.25) is 29.3 Å². The molecule has 8 unspecified atom stereocenters. The van der Waals surface area contributed by atoms with Crippen LogP contribution in [0, 0.1) is 5.92 Å². The summed E-state index contributed by atoms with van der Waals surface area (Å²) in [4.78, 5) is 105. The van der Waals surface area contributed by atoms with Crippen LogP contribution in [0.5, 0.6) is 5.75 Å². The number of rotatable bonds is 18. The number of halogens is 1. The van der Waals surface area contributed by atoms with Gasteiger partial charge in [0.25, 0.3) is 0 Å². The third-order valence-electron chi connectivity index (χ3n) is 12.3. The molecule has 396 valence electrons. The maximum Gasteiger partial charge on any atom is 0.409 e. The van der Waals surface area contributed by atoms with E-state index in [4.69, 9.17) is 44.8 Å². The molecule has 0 aliphatic carbocycles. The van der Waals surface area contributed by atoms with Crippen molar-refractivity contribution in [3.8, 4) is 5.75 Å². The molecule has 1 aromatic carbocycles. The van der Waals surface area contributed by atoms with Crippen molar-refractivity contribution in [2.45, 2.75) is 88.7 Å². The van der Waals surface area contributed by atoms with Crippen molar-refractivity contribution in [3.05, 3.63) is 46.5 Å². The normalized spacial score (nSPS) is 26.4. The van der Waals surface area contributed by atoms with Gasteiger partial charge in [0.15, 0.2) is 5.72 Å². The summed E-state index contributed by atoms with van der Waals surface area (Å²) in [6.45, 7) is 4.31. The molecule has 2 fully saturated rings. The Labute approximate surface area is 420 Å². The molecule has 1 aromatic rings. The van der Waals surface area contributed by atoms with E-state index in [1.54, 1.807) is 38.1 Å². The number of anilines is 1. The van der Waals surface area contributed by atoms with Crippen LogP contribution in [0.3, 0.4) is 0 Å². The van der Waals surface area contributed by atoms with E-state index in [2.05, 4.69) is 40.0 Å². The molecule has 4 bridgehead atoms. The third-order valence-corrected chi connectivity index (χ3v) is 14.0. The lowest BCUT2D eigenvalue weighted by Crippen LogP contribution is -2.63. The van der Waals surface area contributed by atoms with Crippen molar-refractivity contribution in [1.82, 2.24) is 26.2 Å². The Hall–Kier alpha value is -5.46. The fourth-order valence-corrected chi connectivity index (χ4v) is 8.62. The predicted molar refractivity (Wildman–Crippen MR) is 262 cm³/mol. The molecule has 2 saturated heterocycles. The number of hydrogen-bond donors (Lipinski definition) is 5. The van der Waals surface area contributed by atoms with Crippen LogP contribution in [0.15, 0.2) is 35.9 Å². The van der Waals surface area contributed by atoms with Crippen LogP contribution >= 0.6 is 21.6 Å². The highest BCUT2D eigenvalue weighted by Crippen LogP contribution is 2.49. The van der Waals surface area contributed by atoms with Gasteiger partial charge in [-0.2, -0.15) is 0 Å². The largest absolute Gasteiger partial charge is 0.495 e. The van der Waals surface area contributed by atoms with Crippen LogP contribution in [0.1, 0.15) is 46.1 Å². The van der Waals surface area contributed by atoms with E-state index in [0.717, 1.165) is 21.8 Å². The van der Waals surface area contributed by atoms with Crippen molar-refractivity contribution >= 4 is 74.9 Å². The molecule has 3 aliphatic rings. The van der Waals surface area contributed by atoms with Crippen molar-refractivity contribution in [2.75, 3.05) is 97.2 Å². The molecule has 22 nitrogen and oxygen atoms in total. The van der Waals surface area contributed by atoms with Crippen LogP contribution in [0.25, 0.3) is 0 Å². The Bertz CT molecular complexity index is 2220. The summed E-state index contributed by atoms with van der Waals surface area (Å²) < 4.78 is 39.3. The molecule has 0 spiro atoms. The number of amides is 6. The first-order valence-electron chi connectivity index (χ1n) is 22.8. The van der Waals surface area contributed by atoms with Gasteiger partial charge >= 0.3 is 18.0 Å². The monoisotopic (exact) mass is 1040 g/mol. The summed E-state index contributed by atoms with van der Waals surface area (Å²) in [6, 6.07) is 2.22. The van der Waals surface area contributed by atoms with Gasteiger partial charge in [0.05, 0.1) is 51.6 Å². The molecule has 24 heteroatoms. The summed E-state index contributed by atoms with van der Waals surface area (Å²) in [5, 5.41) is 21.4. The minimum Gasteiger partial charge on any atom is -0.495 e. The highest BCUT2D eigenvalue weighted by molar-refractivity contribution is 8.32. The molecular formula is C47H69ClN6O16S. The number of allylic oxidation sites excluding steroid dienone is 3. The quantitative estimate of drug-likeness (QED) is 0.0783. The molecule has 0 radical (unpaired) electrons. The Kier molecular flexibility index (Phi) is 20.7. The molecule has 6 amide bonds. The van der Waals surface area contributed by atoms with Gasteiger partial charge in [-0.15, -0.1) is 0 Å². The number of aliphatic hydroxyl groups is 1. The maximum absolute atomic E-state index is 14.3. The number of esters is 2. The maximum atomic E-state index is 14.3. The number of ether oxygens (including phenoxy) is 7. The summed E-state index contributed by atoms with van der Waals surface area (Å²) in [6.07, 6.45) is 6.31. The second-order valence-corrected chi connectivity index (χ2v) is 23.7. The minimum absolute atomic E-state index is 0.126. The number of fused-ring (bicyclic) bond motifs is 5. The molecule has 3 aliphatic heterocycles. The van der Waals surface area contributed by atoms with E-state index in [9.17, 15) is 43.5 Å². The number of alkyl carbamates (subject to hydrolysis) is 1. The van der Waals surface area contributed by atoms with Gasteiger partial charge < -0.3 is 64.0 Å². The number of methoxy groups -OCH3 is 2. The van der Waals surface area contributed by atoms with Gasteiger partial charge in [0.2, 0.25) is 29.5 Å². The van der Waals surface area contributed by atoms with E-state index >= 15 is 0 Å². The summed E-state index contributed by atoms with van der Waals surface area (Å²) in [5.41, 5.74) is -1.32. The second kappa shape index (κ2) is 25.3. The number of nitrogens with zero attached hydrogens (tertiary/aromatic N) is 2. The zero-order chi connectivity index (χ0) is 53.0. The molecule has 71 heavy (non-hydrogen) atoms. The standard InChI is InChI=1S/C47H69ClN6O16S/c1-27-13-12-14-34(65-8)47(63)21-33(68-45(62)52-47)28(2)43-46(4,70-43)35(20-39(58)54(6)31-18-30(17-27)19-32(64-7)42(31)48)69-44(61)29(3)53(5)40(59)24-51-37(56)22-49-36(55)23-50-38(57)25-66-26-41(60)67-15-16-71(9,10)11/h12-14,18-19,28-29,33-35,43,63H,15-17,20-26H2,1-11H3,(H,49,55)(H,50,57)(H,51,56)(H,52,62)/b14-12+,27-13+. The van der Waals surface area contributed by atoms with Crippen molar-refractivity contribution in [3.63, 3.8) is 0 Å². The molecule has 0 saturated carbocycles. The van der Waals surface area contributed by atoms with Gasteiger partial charge in [-0.25, -0.2) is 24.4 Å². The first-order valence-corrected chi connectivity index (χ1v) is 26.2. The zero-order valence-electron chi connectivity index (χ0n) is 42.2. The number of hydrogen-bond acceptors (Lipinski definition) is 16. The summed E-state index contributed by atoms with van der Waals surface area (Å²) in [7, 11) is 4.82. The van der Waals surface area contributed by atoms with Crippen LogP contribution in [-0.4, -0.2) is 192 Å². The fraction of sp³-hybridized carbons (Fsp3) is 0.617. The van der Waals surface area contributed by atoms with Crippen LogP contribution in [0.2, 0.25) is 5.02 Å². The average Bonchev–Trinajstić information content (AvgIpc) is 4.00. The molecule has 8 atom stereocenters. The smallest absolute Gasteiger partial charge is 0.409 e. The van der Waals surface area contributed by atoms with Crippen LogP contribution < -0.4 is 30.9 Å². The van der Waals surface area contributed by atoms with Gasteiger partial charge in [-0.05, 0) is 63.7 Å². The number of carbonyl (C=O) groups is 8. The van der Waals surface area contributed by atoms with Crippen molar-refractivity contribution < 1.29 is 76.6 Å². The first-order chi connectivity index (χ1) is 33.2. The first kappa shape index (κ1) is 58.1. The topological polar surface area (TPSA) is 279 Å². The highest BCUT2D eigenvalue weighted by Gasteiger charge is 2.64. The van der Waals surface area contributed by atoms with Crippen molar-refractivity contribution in [2.24, 2.45) is 5.92 Å². The predicted octanol–water partition coefficient (Wildman–Crippen LogP) is 1.12. The summed E-state index contributed by atoms with van der Waals surface area (Å²) in [5.74, 6) is -4.55. The number of epoxide rings is 1. The van der Waals surface area contributed by atoms with E-state index in [1.165, 1.54) is 40.1 Å². The van der Waals surface area contributed by atoms with Crippen LogP contribution in [0.4, 0.5) is 10.5 Å². The number of nitrogens with one attached hydrogen (secondary N) is 4. The van der Waals surface area contributed by atoms with Gasteiger partial charge in [0.1, 0.15) is 53.9 Å². The lowest BCUT2D eigenvalue weighted by molar-refractivity contribution is -0.161. The zero-order valence-corrected chi connectivity index (χ0v) is 43.7. The molecule has 4 rings (SSSR count). The average molecular weight is 1040 g/mol. The number of carbonyl (C=O) groups excluding carboxylic acids is 8. The van der Waals surface area contributed by atoms with E-state index in [0.29, 0.717) is 17.9 Å². The Morgan fingerprint density at radius 1 is 1.03 bits per heavy atom. The molecule has 3 heterocycles. The van der Waals surface area contributed by atoms with E-state index < -0.39 is 145 Å². The second-order valence-electron chi connectivity index (χ2n) is 18.7. The van der Waals surface area contributed by atoms with Crippen LogP contribution in [-0.2, 0) is 68.4 Å². The molecule has 5 N–H and O–H groups in total. The van der Waals surface area contributed by atoms with Gasteiger partial charge in [0, 0.05) is 39.3 Å². The SMILES string of the molecule is COc1cc2cc(c1Cl)N(C)C(=O)CC(OC(=O)C(C)N(C)C(=O)CNC(=O)CNC(=O)CNC(=O)COCC(=O)OCCS(C)(C)C)C1(C)OC1C(C)C1CC(O)(NC(=O)O1)C(OC)/C=C/C=C(\C)C2. The highest BCUT2D eigenvalue weighted by atomic mass is 35.5. The molecule has 0 aromatic heterocycles. The Balaban J connectivity index is 1.41. The Morgan fingerprint density at radius 3 is 2.31 bits per heavy atom.